The first-order chi connectivity index (χ1) is 2.27. The molecule has 0 rings (SSSR count). The van der Waals surface area contributed by atoms with Crippen LogP contribution in [0.2, 0.25) is 19.6 Å². The van der Waals surface area contributed by atoms with Gasteiger partial charge in [0, 0.05) is 10.2 Å². The van der Waals surface area contributed by atoms with Gasteiger partial charge in [-0.3, -0.25) is 0 Å². The fraction of sp³-hybridized carbons (Fsp3) is 1.00. The monoisotopic (exact) mass is 75.1 g/mol. The molecule has 0 aliphatic rings. The molecule has 0 aromatic carbocycles. The highest BCUT2D eigenvalue weighted by atomic mass is 28.3. The zero-order valence-electron chi connectivity index (χ0n) is 4.21. The van der Waals surface area contributed by atoms with Gasteiger partial charge in [0.05, 0.1) is 0 Å². The van der Waals surface area contributed by atoms with Gasteiger partial charge >= 0.3 is 0 Å². The van der Waals surface area contributed by atoms with Crippen molar-refractivity contribution < 1.29 is 1.37 Å². The van der Waals surface area contributed by atoms with Gasteiger partial charge in [-0.05, 0) is 0 Å². The summed E-state index contributed by atoms with van der Waals surface area (Å²) < 4.78 is 6.70. The van der Waals surface area contributed by atoms with E-state index in [0.717, 1.165) is 0 Å². The zero-order chi connectivity index (χ0) is 4.28. The molecule has 0 bridgehead atoms. The maximum absolute atomic E-state index is 6.70. The van der Waals surface area contributed by atoms with Crippen molar-refractivity contribution in [3.05, 3.63) is 0 Å². The van der Waals surface area contributed by atoms with Crippen molar-refractivity contribution in [2.24, 2.45) is 0 Å². The Morgan fingerprint density at radius 3 is 2.00 bits per heavy atom. The van der Waals surface area contributed by atoms with Crippen LogP contribution in [0.25, 0.3) is 0 Å². The number of hydrogen-bond donors (Lipinski definition) is 0. The molecule has 4 heavy (non-hydrogen) atoms. The summed E-state index contributed by atoms with van der Waals surface area (Å²) in [6.07, 6.45) is 0. The molecule has 0 atom stereocenters. The molecule has 0 aliphatic heterocycles. The summed E-state index contributed by atoms with van der Waals surface area (Å²) in [5.74, 6) is 0. The van der Waals surface area contributed by atoms with Crippen LogP contribution in [0, 0.1) is 0 Å². The Bertz CT molecular complexity index is 20.9. The highest BCUT2D eigenvalue weighted by Crippen LogP contribution is 1.68. The van der Waals surface area contributed by atoms with Crippen LogP contribution in [0.15, 0.2) is 0 Å². The van der Waals surface area contributed by atoms with E-state index in [1.807, 2.05) is 0 Å². The lowest BCUT2D eigenvalue weighted by Crippen LogP contribution is -1.84. The first-order valence-corrected chi connectivity index (χ1v) is 4.06. The summed E-state index contributed by atoms with van der Waals surface area (Å²) >= 11 is 0. The van der Waals surface area contributed by atoms with Gasteiger partial charge in [-0.1, -0.05) is 19.6 Å². The van der Waals surface area contributed by atoms with E-state index in [4.69, 9.17) is 1.37 Å². The lowest BCUT2D eigenvalue weighted by atomic mass is 11.8. The third kappa shape index (κ3) is 69.8. The second-order valence-corrected chi connectivity index (χ2v) is 3.62. The second kappa shape index (κ2) is 1.53. The molecule has 1 radical (unpaired) electrons. The van der Waals surface area contributed by atoms with Gasteiger partial charge in [0.1, 0.15) is 0 Å². The summed E-state index contributed by atoms with van der Waals surface area (Å²) in [4.78, 5) is 0. The lowest BCUT2D eigenvalue weighted by Gasteiger charge is -1.75. The molecule has 0 aliphatic carbocycles. The highest BCUT2D eigenvalue weighted by Gasteiger charge is 1.72. The average molecular weight is 75.2 g/mol. The predicted molar refractivity (Wildman–Crippen MR) is 23.3 cm³/mol. The summed E-state index contributed by atoms with van der Waals surface area (Å²) in [7, 11) is -0.207. The van der Waals surface area contributed by atoms with Crippen molar-refractivity contribution in [3.63, 3.8) is 0 Å². The van der Waals surface area contributed by atoms with Crippen molar-refractivity contribution in [2.75, 3.05) is 0 Å². The van der Waals surface area contributed by atoms with Crippen molar-refractivity contribution in [2.45, 2.75) is 19.6 Å². The van der Waals surface area contributed by atoms with Gasteiger partial charge in [-0.15, -0.1) is 0 Å². The Morgan fingerprint density at radius 2 is 2.00 bits per heavy atom. The normalized spacial score (nSPS) is 12.2. The SMILES string of the molecule is [3H]C[Si](C)C. The Balaban J connectivity index is 2.54. The Hall–Kier alpha value is 0.217. The quantitative estimate of drug-likeness (QED) is 0.381. The van der Waals surface area contributed by atoms with Crippen molar-refractivity contribution in [1.29, 1.82) is 0 Å². The number of rotatable bonds is 0. The maximum atomic E-state index is 6.70. The van der Waals surface area contributed by atoms with Gasteiger partial charge in [-0.2, -0.15) is 0 Å². The van der Waals surface area contributed by atoms with E-state index < -0.39 is 0 Å². The van der Waals surface area contributed by atoms with Crippen LogP contribution in [-0.2, 0) is 0 Å². The van der Waals surface area contributed by atoms with Gasteiger partial charge in [0.2, 0.25) is 0 Å². The van der Waals surface area contributed by atoms with E-state index in [0.29, 0.717) is 6.52 Å². The van der Waals surface area contributed by atoms with E-state index >= 15 is 0 Å². The minimum Gasteiger partial charge on any atom is -0.0715 e. The minimum atomic E-state index is -0.207. The fourth-order valence-corrected chi connectivity index (χ4v) is 0. The summed E-state index contributed by atoms with van der Waals surface area (Å²) in [5.41, 5.74) is 0. The molecular weight excluding hydrogens is 64.1 g/mol. The first-order valence-electron chi connectivity index (χ1n) is 2.06. The third-order valence-electron chi connectivity index (χ3n) is 0. The van der Waals surface area contributed by atoms with Crippen LogP contribution < -0.4 is 0 Å². The molecule has 0 spiro atoms. The molecule has 0 saturated carbocycles. The Labute approximate surface area is 30.9 Å². The summed E-state index contributed by atoms with van der Waals surface area (Å²) in [5, 5.41) is 0. The van der Waals surface area contributed by atoms with Crippen LogP contribution in [0.5, 0.6) is 0 Å². The zero-order valence-corrected chi connectivity index (χ0v) is 4.21. The van der Waals surface area contributed by atoms with E-state index in [9.17, 15) is 0 Å². The maximum Gasteiger partial charge on any atom is 0.0379 e. The number of hydrogen-bond acceptors (Lipinski definition) is 0. The van der Waals surface area contributed by atoms with Gasteiger partial charge in [0.15, 0.2) is 0 Å². The first kappa shape index (κ1) is 2.45. The van der Waals surface area contributed by atoms with Crippen LogP contribution in [0.1, 0.15) is 1.37 Å². The van der Waals surface area contributed by atoms with E-state index in [1.165, 1.54) is 0 Å². The molecule has 0 amide bonds. The molecule has 0 fully saturated rings. The molecule has 0 saturated heterocycles. The standard InChI is InChI=1S/C3H9Si/c1-4(2)3/h1-3H3/i1T. The van der Waals surface area contributed by atoms with E-state index in [-0.39, 0.29) is 8.80 Å². The second-order valence-electron chi connectivity index (χ2n) is 1.21. The molecule has 0 heterocycles. The Morgan fingerprint density at radius 1 is 1.75 bits per heavy atom. The molecule has 0 unspecified atom stereocenters. The minimum absolute atomic E-state index is 0.207. The van der Waals surface area contributed by atoms with E-state index in [1.54, 1.807) is 0 Å². The largest absolute Gasteiger partial charge is 0.0715 e. The van der Waals surface area contributed by atoms with Gasteiger partial charge < -0.3 is 0 Å². The van der Waals surface area contributed by atoms with Crippen LogP contribution >= 0.6 is 0 Å². The predicted octanol–water partition coefficient (Wildman–Crippen LogP) is 1.37. The molecule has 25 valence electrons. The summed E-state index contributed by atoms with van der Waals surface area (Å²) in [6, 6.07) is 0. The van der Waals surface area contributed by atoms with Crippen molar-refractivity contribution in [3.8, 4) is 0 Å². The Kier molecular flexibility index (Phi) is 0.937. The van der Waals surface area contributed by atoms with Gasteiger partial charge in [-0.25, -0.2) is 0 Å². The van der Waals surface area contributed by atoms with Crippen molar-refractivity contribution in [1.82, 2.24) is 0 Å². The topological polar surface area (TPSA) is 0 Å². The van der Waals surface area contributed by atoms with Gasteiger partial charge in [0.25, 0.3) is 0 Å². The molecule has 0 aromatic heterocycles. The molecule has 0 aromatic rings. The fourth-order valence-electron chi connectivity index (χ4n) is 0. The molecule has 1 heteroatoms. The smallest absolute Gasteiger partial charge is 0.0379 e. The molecule has 0 N–H and O–H groups in total. The van der Waals surface area contributed by atoms with Crippen LogP contribution in [0.3, 0.4) is 0 Å². The highest BCUT2D eigenvalue weighted by molar-refractivity contribution is 6.54. The third-order valence-corrected chi connectivity index (χ3v) is 0. The van der Waals surface area contributed by atoms with E-state index in [2.05, 4.69) is 13.1 Å². The van der Waals surface area contributed by atoms with Crippen LogP contribution in [-0.4, -0.2) is 8.80 Å². The lowest BCUT2D eigenvalue weighted by molar-refractivity contribution is 1.91. The molecular formula is C3H9Si. The van der Waals surface area contributed by atoms with Crippen LogP contribution in [0.4, 0.5) is 0 Å². The molecule has 0 nitrogen and oxygen atoms in total. The van der Waals surface area contributed by atoms with Crippen molar-refractivity contribution >= 4 is 8.80 Å². The summed E-state index contributed by atoms with van der Waals surface area (Å²) in [6.45, 7) is 4.93. The average Bonchev–Trinajstić information content (AvgIpc) is 1.38.